The lowest BCUT2D eigenvalue weighted by Gasteiger charge is -2.33. The van der Waals surface area contributed by atoms with E-state index in [1.54, 1.807) is 24.3 Å². The van der Waals surface area contributed by atoms with E-state index in [2.05, 4.69) is 31.4 Å². The minimum absolute atomic E-state index is 0.155. The Labute approximate surface area is 202 Å². The zero-order chi connectivity index (χ0) is 23.8. The summed E-state index contributed by atoms with van der Waals surface area (Å²) in [5, 5.41) is 6.87. The highest BCUT2D eigenvalue weighted by Gasteiger charge is 2.34. The maximum atomic E-state index is 13.4. The smallest absolute Gasteiger partial charge is 0.258 e. The summed E-state index contributed by atoms with van der Waals surface area (Å²) in [7, 11) is 0. The van der Waals surface area contributed by atoms with Gasteiger partial charge >= 0.3 is 0 Å². The van der Waals surface area contributed by atoms with Crippen molar-refractivity contribution < 1.29 is 14.0 Å². The molecular formula is C26H26ClFN2O2S. The van der Waals surface area contributed by atoms with Crippen LogP contribution < -0.4 is 10.6 Å². The highest BCUT2D eigenvalue weighted by atomic mass is 35.5. The van der Waals surface area contributed by atoms with Gasteiger partial charge in [0.05, 0.1) is 5.56 Å². The normalized spacial score (nSPS) is 15.6. The second-order valence-corrected chi connectivity index (χ2v) is 11.0. The van der Waals surface area contributed by atoms with Gasteiger partial charge in [-0.15, -0.1) is 11.3 Å². The van der Waals surface area contributed by atoms with Gasteiger partial charge in [0.25, 0.3) is 11.8 Å². The summed E-state index contributed by atoms with van der Waals surface area (Å²) in [4.78, 5) is 27.4. The van der Waals surface area contributed by atoms with Crippen LogP contribution in [0.3, 0.4) is 0 Å². The van der Waals surface area contributed by atoms with Gasteiger partial charge in [0.15, 0.2) is 0 Å². The quantitative estimate of drug-likeness (QED) is 0.411. The Balaban J connectivity index is 1.68. The van der Waals surface area contributed by atoms with Gasteiger partial charge in [0, 0.05) is 21.2 Å². The molecule has 1 aliphatic rings. The largest absolute Gasteiger partial charge is 0.322 e. The van der Waals surface area contributed by atoms with Crippen molar-refractivity contribution in [2.24, 2.45) is 11.3 Å². The Morgan fingerprint density at radius 2 is 1.79 bits per heavy atom. The van der Waals surface area contributed by atoms with E-state index in [-0.39, 0.29) is 17.2 Å². The third kappa shape index (κ3) is 5.28. The van der Waals surface area contributed by atoms with Crippen molar-refractivity contribution >= 4 is 45.4 Å². The molecule has 0 bridgehead atoms. The molecule has 0 aliphatic heterocycles. The molecule has 0 fully saturated rings. The summed E-state index contributed by atoms with van der Waals surface area (Å²) >= 11 is 7.53. The molecule has 2 amide bonds. The number of halogens is 2. The van der Waals surface area contributed by atoms with Crippen molar-refractivity contribution in [2.45, 2.75) is 40.0 Å². The minimum atomic E-state index is -0.409. The summed E-state index contributed by atoms with van der Waals surface area (Å²) in [5.41, 5.74) is 2.57. The Bertz CT molecular complexity index is 1200. The van der Waals surface area contributed by atoms with Crippen molar-refractivity contribution in [3.8, 4) is 0 Å². The first-order valence-electron chi connectivity index (χ1n) is 10.9. The van der Waals surface area contributed by atoms with Crippen molar-refractivity contribution in [2.75, 3.05) is 10.6 Å². The average molecular weight is 485 g/mol. The van der Waals surface area contributed by atoms with Gasteiger partial charge in [-0.05, 0) is 78.6 Å². The van der Waals surface area contributed by atoms with Crippen LogP contribution in [-0.2, 0) is 12.8 Å². The zero-order valence-corrected chi connectivity index (χ0v) is 20.4. The number of nitrogens with one attached hydrogen (secondary N) is 2. The van der Waals surface area contributed by atoms with E-state index < -0.39 is 5.82 Å². The first-order chi connectivity index (χ1) is 15.6. The van der Waals surface area contributed by atoms with Crippen LogP contribution >= 0.6 is 22.9 Å². The van der Waals surface area contributed by atoms with E-state index in [1.807, 2.05) is 0 Å². The topological polar surface area (TPSA) is 58.2 Å². The highest BCUT2D eigenvalue weighted by Crippen LogP contribution is 2.44. The second-order valence-electron chi connectivity index (χ2n) is 9.44. The summed E-state index contributed by atoms with van der Waals surface area (Å²) < 4.78 is 13.3. The number of carbonyl (C=O) groups excluding carboxylic acids is 2. The van der Waals surface area contributed by atoms with Gasteiger partial charge in [0.2, 0.25) is 0 Å². The number of fused-ring (bicyclic) bond motifs is 1. The van der Waals surface area contributed by atoms with E-state index >= 15 is 0 Å². The highest BCUT2D eigenvalue weighted by molar-refractivity contribution is 7.17. The molecule has 0 radical (unpaired) electrons. The van der Waals surface area contributed by atoms with Crippen molar-refractivity contribution in [1.29, 1.82) is 0 Å². The van der Waals surface area contributed by atoms with Crippen LogP contribution in [0.15, 0.2) is 48.5 Å². The van der Waals surface area contributed by atoms with E-state index in [1.165, 1.54) is 35.6 Å². The fourth-order valence-corrected chi connectivity index (χ4v) is 5.70. The summed E-state index contributed by atoms with van der Waals surface area (Å²) in [6, 6.07) is 12.3. The maximum absolute atomic E-state index is 13.4. The van der Waals surface area contributed by atoms with E-state index in [0.717, 1.165) is 29.7 Å². The molecule has 0 saturated carbocycles. The van der Waals surface area contributed by atoms with Gasteiger partial charge < -0.3 is 10.6 Å². The molecule has 1 aromatic heterocycles. The molecule has 0 saturated heterocycles. The van der Waals surface area contributed by atoms with Crippen LogP contribution in [0.1, 0.15) is 58.3 Å². The number of hydrogen-bond acceptors (Lipinski definition) is 3. The Hall–Kier alpha value is -2.70. The predicted octanol–water partition coefficient (Wildman–Crippen LogP) is 7.20. The fraction of sp³-hybridized carbons (Fsp3) is 0.308. The Morgan fingerprint density at radius 1 is 1.06 bits per heavy atom. The number of hydrogen-bond donors (Lipinski definition) is 2. The van der Waals surface area contributed by atoms with Crippen molar-refractivity contribution in [1.82, 2.24) is 0 Å². The molecule has 2 aromatic carbocycles. The van der Waals surface area contributed by atoms with Crippen molar-refractivity contribution in [3.05, 3.63) is 80.9 Å². The average Bonchev–Trinajstić information content (AvgIpc) is 3.10. The van der Waals surface area contributed by atoms with Gasteiger partial charge in [-0.3, -0.25) is 9.59 Å². The van der Waals surface area contributed by atoms with Crippen LogP contribution in [0, 0.1) is 17.2 Å². The van der Waals surface area contributed by atoms with E-state index in [9.17, 15) is 14.0 Å². The fourth-order valence-electron chi connectivity index (χ4n) is 4.19. The van der Waals surface area contributed by atoms with Gasteiger partial charge in [-0.1, -0.05) is 38.4 Å². The van der Waals surface area contributed by atoms with Gasteiger partial charge in [-0.2, -0.15) is 0 Å². The number of amides is 2. The molecule has 7 heteroatoms. The maximum Gasteiger partial charge on any atom is 0.258 e. The molecule has 1 atom stereocenters. The van der Waals surface area contributed by atoms with Crippen LogP contribution in [-0.4, -0.2) is 11.8 Å². The second kappa shape index (κ2) is 9.27. The summed E-state index contributed by atoms with van der Waals surface area (Å²) in [6.07, 6.45) is 2.63. The third-order valence-electron chi connectivity index (χ3n) is 6.13. The van der Waals surface area contributed by atoms with Crippen LogP contribution in [0.2, 0.25) is 5.02 Å². The lowest BCUT2D eigenvalue weighted by Crippen LogP contribution is -2.27. The molecule has 1 aliphatic carbocycles. The number of rotatable bonds is 4. The molecule has 1 heterocycles. The lowest BCUT2D eigenvalue weighted by molar-refractivity contribution is 0.102. The SMILES string of the molecule is CC(C)(C)C1CCc2c(sc(NC(=O)c3ccc(F)cc3)c2C(=O)Nc2cccc(Cl)c2)C1. The standard InChI is InChI=1S/C26H26ClFN2O2S/c1-26(2,3)16-9-12-20-21(13-16)33-25(30-23(31)15-7-10-18(28)11-8-15)22(20)24(32)29-19-6-4-5-17(27)14-19/h4-8,10-11,14,16H,9,12-13H2,1-3H3,(H,29,32)(H,30,31). The van der Waals surface area contributed by atoms with Crippen molar-refractivity contribution in [3.63, 3.8) is 0 Å². The first-order valence-corrected chi connectivity index (χ1v) is 12.1. The van der Waals surface area contributed by atoms with Gasteiger partial charge in [-0.25, -0.2) is 4.39 Å². The number of thiophene rings is 1. The molecule has 33 heavy (non-hydrogen) atoms. The molecule has 0 spiro atoms. The monoisotopic (exact) mass is 484 g/mol. The van der Waals surface area contributed by atoms with E-state index in [0.29, 0.717) is 32.8 Å². The predicted molar refractivity (Wildman–Crippen MR) is 133 cm³/mol. The molecule has 3 aromatic rings. The molecule has 172 valence electrons. The minimum Gasteiger partial charge on any atom is -0.322 e. The number of anilines is 2. The third-order valence-corrected chi connectivity index (χ3v) is 7.54. The van der Waals surface area contributed by atoms with Crippen LogP contribution in [0.5, 0.6) is 0 Å². The summed E-state index contributed by atoms with van der Waals surface area (Å²) in [6.45, 7) is 6.71. The zero-order valence-electron chi connectivity index (χ0n) is 18.8. The van der Waals surface area contributed by atoms with Gasteiger partial charge in [0.1, 0.15) is 10.8 Å². The molecule has 4 nitrogen and oxygen atoms in total. The van der Waals surface area contributed by atoms with E-state index in [4.69, 9.17) is 11.6 Å². The number of benzene rings is 2. The Morgan fingerprint density at radius 3 is 2.45 bits per heavy atom. The number of carbonyl (C=O) groups is 2. The molecule has 2 N–H and O–H groups in total. The molecular weight excluding hydrogens is 459 g/mol. The lowest BCUT2D eigenvalue weighted by atomic mass is 9.72. The molecule has 4 rings (SSSR count). The first kappa shape index (κ1) is 23.5. The van der Waals surface area contributed by atoms with Crippen LogP contribution in [0.4, 0.5) is 15.1 Å². The summed E-state index contributed by atoms with van der Waals surface area (Å²) in [5.74, 6) is -0.572. The molecule has 1 unspecified atom stereocenters. The van der Waals surface area contributed by atoms with Crippen LogP contribution in [0.25, 0.3) is 0 Å². The Kier molecular flexibility index (Phi) is 6.59.